The number of hydrogen-bond donors (Lipinski definition) is 3. The van der Waals surface area contributed by atoms with Crippen molar-refractivity contribution in [2.45, 2.75) is 13.3 Å². The second kappa shape index (κ2) is 6.64. The van der Waals surface area contributed by atoms with Crippen molar-refractivity contribution < 1.29 is 4.92 Å². The zero-order valence-electron chi connectivity index (χ0n) is 9.77. The number of rotatable bonds is 7. The van der Waals surface area contributed by atoms with Gasteiger partial charge >= 0.3 is 5.69 Å². The number of nitrogens with one attached hydrogen (secondary N) is 2. The van der Waals surface area contributed by atoms with E-state index in [0.717, 1.165) is 26.1 Å². The molecule has 0 spiro atoms. The van der Waals surface area contributed by atoms with E-state index in [0.29, 0.717) is 5.82 Å². The van der Waals surface area contributed by atoms with E-state index in [9.17, 15) is 10.1 Å². The molecule has 1 rings (SSSR count). The van der Waals surface area contributed by atoms with Gasteiger partial charge in [0.1, 0.15) is 5.82 Å². The van der Waals surface area contributed by atoms with Gasteiger partial charge in [0.25, 0.3) is 0 Å². The van der Waals surface area contributed by atoms with Crippen LogP contribution in [0.4, 0.5) is 17.3 Å². The molecule has 0 saturated heterocycles. The van der Waals surface area contributed by atoms with Gasteiger partial charge in [-0.3, -0.25) is 10.1 Å². The van der Waals surface area contributed by atoms with E-state index < -0.39 is 4.92 Å². The van der Waals surface area contributed by atoms with Gasteiger partial charge in [0.2, 0.25) is 5.82 Å². The van der Waals surface area contributed by atoms with Crippen LogP contribution in [0.3, 0.4) is 0 Å². The minimum absolute atomic E-state index is 0.0633. The molecule has 1 aromatic rings. The summed E-state index contributed by atoms with van der Waals surface area (Å²) in [5.41, 5.74) is 5.31. The fourth-order valence-electron chi connectivity index (χ4n) is 1.33. The summed E-state index contributed by atoms with van der Waals surface area (Å²) < 4.78 is 0. The number of nitrogens with zero attached hydrogens (tertiary/aromatic N) is 2. The van der Waals surface area contributed by atoms with Crippen molar-refractivity contribution in [2.75, 3.05) is 30.7 Å². The Morgan fingerprint density at radius 2 is 2.24 bits per heavy atom. The summed E-state index contributed by atoms with van der Waals surface area (Å²) in [7, 11) is 0. The molecule has 1 heterocycles. The van der Waals surface area contributed by atoms with Crippen LogP contribution in [0.25, 0.3) is 0 Å². The molecule has 4 N–H and O–H groups in total. The van der Waals surface area contributed by atoms with E-state index >= 15 is 0 Å². The molecule has 0 atom stereocenters. The summed E-state index contributed by atoms with van der Waals surface area (Å²) in [5, 5.41) is 16.8. The molecule has 0 aliphatic carbocycles. The van der Waals surface area contributed by atoms with Crippen LogP contribution in [-0.2, 0) is 0 Å². The molecule has 0 radical (unpaired) electrons. The Hall–Kier alpha value is -1.89. The van der Waals surface area contributed by atoms with E-state index in [1.807, 2.05) is 6.92 Å². The molecule has 7 heteroatoms. The van der Waals surface area contributed by atoms with Gasteiger partial charge in [-0.05, 0) is 25.6 Å². The Labute approximate surface area is 99.6 Å². The van der Waals surface area contributed by atoms with E-state index in [4.69, 9.17) is 5.73 Å². The third kappa shape index (κ3) is 4.23. The second-order valence-corrected chi connectivity index (χ2v) is 3.49. The summed E-state index contributed by atoms with van der Waals surface area (Å²) in [4.78, 5) is 13.9. The van der Waals surface area contributed by atoms with Crippen molar-refractivity contribution in [1.29, 1.82) is 0 Å². The second-order valence-electron chi connectivity index (χ2n) is 3.49. The fourth-order valence-corrected chi connectivity index (χ4v) is 1.33. The maximum absolute atomic E-state index is 10.5. The van der Waals surface area contributed by atoms with Gasteiger partial charge in [-0.1, -0.05) is 6.92 Å². The molecule has 17 heavy (non-hydrogen) atoms. The Morgan fingerprint density at radius 3 is 2.82 bits per heavy atom. The maximum Gasteiger partial charge on any atom is 0.311 e. The van der Waals surface area contributed by atoms with Crippen molar-refractivity contribution in [2.24, 2.45) is 0 Å². The van der Waals surface area contributed by atoms with Gasteiger partial charge in [-0.25, -0.2) is 4.98 Å². The number of nitro groups is 1. The van der Waals surface area contributed by atoms with Crippen molar-refractivity contribution in [1.82, 2.24) is 10.3 Å². The number of nitrogen functional groups attached to an aromatic ring is 1. The van der Waals surface area contributed by atoms with Gasteiger partial charge < -0.3 is 16.4 Å². The maximum atomic E-state index is 10.5. The number of anilines is 2. The van der Waals surface area contributed by atoms with Crippen LogP contribution in [-0.4, -0.2) is 29.5 Å². The van der Waals surface area contributed by atoms with Crippen molar-refractivity contribution in [3.05, 3.63) is 22.2 Å². The first-order valence-corrected chi connectivity index (χ1v) is 5.50. The molecule has 0 aromatic carbocycles. The molecule has 0 aliphatic rings. The van der Waals surface area contributed by atoms with Crippen LogP contribution in [0.5, 0.6) is 0 Å². The van der Waals surface area contributed by atoms with Crippen LogP contribution in [0.15, 0.2) is 12.1 Å². The Balaban J connectivity index is 2.45. The predicted molar refractivity (Wildman–Crippen MR) is 67.0 cm³/mol. The standard InChI is InChI=1S/C10H17N5O2/c1-2-12-6-3-7-13-9-5-4-8(15(16)17)10(11)14-9/h4-5,12H,2-3,6-7H2,1H3,(H3,11,13,14). The average molecular weight is 239 g/mol. The van der Waals surface area contributed by atoms with Gasteiger partial charge in [0, 0.05) is 12.6 Å². The van der Waals surface area contributed by atoms with E-state index in [1.54, 1.807) is 6.07 Å². The quantitative estimate of drug-likeness (QED) is 0.372. The molecule has 0 aliphatic heterocycles. The molecule has 0 unspecified atom stereocenters. The van der Waals surface area contributed by atoms with Gasteiger partial charge in [-0.15, -0.1) is 0 Å². The Morgan fingerprint density at radius 1 is 1.47 bits per heavy atom. The lowest BCUT2D eigenvalue weighted by Gasteiger charge is -2.06. The summed E-state index contributed by atoms with van der Waals surface area (Å²) >= 11 is 0. The van der Waals surface area contributed by atoms with Crippen LogP contribution in [0.1, 0.15) is 13.3 Å². The Bertz CT molecular complexity index is 383. The van der Waals surface area contributed by atoms with Crippen molar-refractivity contribution >= 4 is 17.3 Å². The number of hydrogen-bond acceptors (Lipinski definition) is 6. The minimum atomic E-state index is -0.544. The molecule has 94 valence electrons. The molecule has 0 amide bonds. The first-order chi connectivity index (χ1) is 8.15. The number of pyridine rings is 1. The monoisotopic (exact) mass is 239 g/mol. The smallest absolute Gasteiger partial charge is 0.311 e. The molecule has 0 fully saturated rings. The molecule has 0 saturated carbocycles. The normalized spacial score (nSPS) is 10.2. The summed E-state index contributed by atoms with van der Waals surface area (Å²) in [6.07, 6.45) is 0.951. The zero-order valence-corrected chi connectivity index (χ0v) is 9.77. The lowest BCUT2D eigenvalue weighted by atomic mass is 10.3. The summed E-state index contributed by atoms with van der Waals surface area (Å²) in [6.45, 7) is 4.66. The highest BCUT2D eigenvalue weighted by Crippen LogP contribution is 2.20. The van der Waals surface area contributed by atoms with E-state index in [2.05, 4.69) is 15.6 Å². The topological polar surface area (TPSA) is 106 Å². The molecule has 0 bridgehead atoms. The van der Waals surface area contributed by atoms with Crippen molar-refractivity contribution in [3.63, 3.8) is 0 Å². The molecular formula is C10H17N5O2. The van der Waals surface area contributed by atoms with E-state index in [-0.39, 0.29) is 11.5 Å². The number of nitrogens with two attached hydrogens (primary N) is 1. The van der Waals surface area contributed by atoms with Gasteiger partial charge in [0.05, 0.1) is 4.92 Å². The Kier molecular flexibility index (Phi) is 5.15. The lowest BCUT2D eigenvalue weighted by Crippen LogP contribution is -2.17. The highest BCUT2D eigenvalue weighted by Gasteiger charge is 2.12. The summed E-state index contributed by atoms with van der Waals surface area (Å²) in [5.74, 6) is 0.497. The highest BCUT2D eigenvalue weighted by molar-refractivity contribution is 5.57. The first kappa shape index (κ1) is 13.2. The van der Waals surface area contributed by atoms with Crippen LogP contribution in [0.2, 0.25) is 0 Å². The SMILES string of the molecule is CCNCCCNc1ccc([N+](=O)[O-])c(N)n1. The molecular weight excluding hydrogens is 222 g/mol. The van der Waals surface area contributed by atoms with Crippen LogP contribution >= 0.6 is 0 Å². The summed E-state index contributed by atoms with van der Waals surface area (Å²) in [6, 6.07) is 2.91. The average Bonchev–Trinajstić information content (AvgIpc) is 2.28. The first-order valence-electron chi connectivity index (χ1n) is 5.50. The minimum Gasteiger partial charge on any atom is -0.378 e. The zero-order chi connectivity index (χ0) is 12.7. The lowest BCUT2D eigenvalue weighted by molar-refractivity contribution is -0.384. The molecule has 7 nitrogen and oxygen atoms in total. The van der Waals surface area contributed by atoms with Crippen LogP contribution in [0, 0.1) is 10.1 Å². The largest absolute Gasteiger partial charge is 0.378 e. The number of aromatic nitrogens is 1. The van der Waals surface area contributed by atoms with Gasteiger partial charge in [0.15, 0.2) is 0 Å². The molecule has 1 aromatic heterocycles. The third-order valence-corrected chi connectivity index (χ3v) is 2.19. The van der Waals surface area contributed by atoms with Gasteiger partial charge in [-0.2, -0.15) is 0 Å². The third-order valence-electron chi connectivity index (χ3n) is 2.19. The highest BCUT2D eigenvalue weighted by atomic mass is 16.6. The fraction of sp³-hybridized carbons (Fsp3) is 0.500. The predicted octanol–water partition coefficient (Wildman–Crippen LogP) is 0.983. The van der Waals surface area contributed by atoms with Crippen molar-refractivity contribution in [3.8, 4) is 0 Å². The van der Waals surface area contributed by atoms with Crippen LogP contribution < -0.4 is 16.4 Å². The van der Waals surface area contributed by atoms with E-state index in [1.165, 1.54) is 6.07 Å².